The predicted octanol–water partition coefficient (Wildman–Crippen LogP) is 4.21. The van der Waals surface area contributed by atoms with Crippen LogP contribution in [0.15, 0.2) is 48.5 Å². The molecule has 2 rings (SSSR count). The van der Waals surface area contributed by atoms with Gasteiger partial charge in [-0.25, -0.2) is 9.18 Å². The number of hydrogen-bond acceptors (Lipinski definition) is 3. The summed E-state index contributed by atoms with van der Waals surface area (Å²) >= 11 is 0. The first-order valence-electron chi connectivity index (χ1n) is 8.74. The van der Waals surface area contributed by atoms with Crippen LogP contribution < -0.4 is 10.6 Å². The molecule has 1 atom stereocenters. The summed E-state index contributed by atoms with van der Waals surface area (Å²) in [5.74, 6) is -0.894. The SMILES string of the molecule is Cc1ccc(F)cc1NC(=O)C(Cc1ccccc1)NC(=O)OC(C)(C)C. The van der Waals surface area contributed by atoms with Crippen molar-refractivity contribution in [1.29, 1.82) is 0 Å². The largest absolute Gasteiger partial charge is 0.444 e. The van der Waals surface area contributed by atoms with Gasteiger partial charge in [0.25, 0.3) is 0 Å². The molecule has 0 saturated heterocycles. The minimum Gasteiger partial charge on any atom is -0.444 e. The minimum atomic E-state index is -0.870. The van der Waals surface area contributed by atoms with Crippen molar-refractivity contribution in [2.75, 3.05) is 5.32 Å². The molecule has 0 radical (unpaired) electrons. The minimum absolute atomic E-state index is 0.278. The molecule has 0 bridgehead atoms. The smallest absolute Gasteiger partial charge is 0.408 e. The molecule has 1 unspecified atom stereocenters. The lowest BCUT2D eigenvalue weighted by molar-refractivity contribution is -0.118. The maximum absolute atomic E-state index is 13.5. The normalized spacial score (nSPS) is 12.2. The highest BCUT2D eigenvalue weighted by molar-refractivity contribution is 5.97. The van der Waals surface area contributed by atoms with E-state index >= 15 is 0 Å². The van der Waals surface area contributed by atoms with Crippen molar-refractivity contribution in [3.63, 3.8) is 0 Å². The van der Waals surface area contributed by atoms with Crippen LogP contribution in [0.4, 0.5) is 14.9 Å². The molecule has 2 aromatic rings. The van der Waals surface area contributed by atoms with Crippen molar-refractivity contribution < 1.29 is 18.7 Å². The van der Waals surface area contributed by atoms with Crippen molar-refractivity contribution in [2.45, 2.75) is 45.8 Å². The Morgan fingerprint density at radius 2 is 1.78 bits per heavy atom. The Labute approximate surface area is 158 Å². The molecule has 0 fully saturated rings. The van der Waals surface area contributed by atoms with Gasteiger partial charge < -0.3 is 15.4 Å². The Morgan fingerprint density at radius 3 is 2.41 bits per heavy atom. The fourth-order valence-electron chi connectivity index (χ4n) is 2.46. The van der Waals surface area contributed by atoms with Crippen molar-refractivity contribution in [2.24, 2.45) is 0 Å². The second kappa shape index (κ2) is 8.66. The Balaban J connectivity index is 2.18. The molecule has 27 heavy (non-hydrogen) atoms. The van der Waals surface area contributed by atoms with Crippen molar-refractivity contribution >= 4 is 17.7 Å². The number of carbonyl (C=O) groups is 2. The summed E-state index contributed by atoms with van der Waals surface area (Å²) in [4.78, 5) is 24.9. The van der Waals surface area contributed by atoms with E-state index < -0.39 is 29.5 Å². The van der Waals surface area contributed by atoms with Gasteiger partial charge in [-0.15, -0.1) is 0 Å². The van der Waals surface area contributed by atoms with Gasteiger partial charge in [-0.3, -0.25) is 4.79 Å². The fraction of sp³-hybridized carbons (Fsp3) is 0.333. The van der Waals surface area contributed by atoms with E-state index in [-0.39, 0.29) is 6.42 Å². The zero-order valence-electron chi connectivity index (χ0n) is 16.0. The number of hydrogen-bond donors (Lipinski definition) is 2. The highest BCUT2D eigenvalue weighted by Crippen LogP contribution is 2.17. The van der Waals surface area contributed by atoms with Gasteiger partial charge in [-0.05, 0) is 51.0 Å². The Bertz CT molecular complexity index is 801. The maximum atomic E-state index is 13.5. The summed E-state index contributed by atoms with van der Waals surface area (Å²) in [6, 6.07) is 12.6. The summed E-state index contributed by atoms with van der Waals surface area (Å²) in [6.45, 7) is 7.00. The second-order valence-electron chi connectivity index (χ2n) is 7.34. The van der Waals surface area contributed by atoms with Gasteiger partial charge >= 0.3 is 6.09 Å². The molecule has 2 amide bonds. The quantitative estimate of drug-likeness (QED) is 0.826. The van der Waals surface area contributed by atoms with E-state index in [1.54, 1.807) is 33.8 Å². The topological polar surface area (TPSA) is 67.4 Å². The fourth-order valence-corrected chi connectivity index (χ4v) is 2.46. The van der Waals surface area contributed by atoms with Crippen LogP contribution in [-0.4, -0.2) is 23.6 Å². The third-order valence-electron chi connectivity index (χ3n) is 3.75. The van der Waals surface area contributed by atoms with E-state index in [1.165, 1.54) is 12.1 Å². The van der Waals surface area contributed by atoms with E-state index in [2.05, 4.69) is 10.6 Å². The molecule has 0 aliphatic carbocycles. The van der Waals surface area contributed by atoms with Crippen LogP contribution in [-0.2, 0) is 16.0 Å². The summed E-state index contributed by atoms with van der Waals surface area (Å²) in [6.07, 6.45) is -0.408. The number of amides is 2. The second-order valence-corrected chi connectivity index (χ2v) is 7.34. The predicted molar refractivity (Wildman–Crippen MR) is 103 cm³/mol. The van der Waals surface area contributed by atoms with Gasteiger partial charge in [0.2, 0.25) is 5.91 Å². The molecule has 0 aliphatic heterocycles. The molecule has 0 saturated carbocycles. The monoisotopic (exact) mass is 372 g/mol. The zero-order valence-corrected chi connectivity index (χ0v) is 16.0. The lowest BCUT2D eigenvalue weighted by atomic mass is 10.0. The number of nitrogens with one attached hydrogen (secondary N) is 2. The van der Waals surface area contributed by atoms with Gasteiger partial charge in [0.15, 0.2) is 0 Å². The van der Waals surface area contributed by atoms with Crippen molar-refractivity contribution in [3.8, 4) is 0 Å². The maximum Gasteiger partial charge on any atom is 0.408 e. The highest BCUT2D eigenvalue weighted by Gasteiger charge is 2.25. The van der Waals surface area contributed by atoms with Crippen LogP contribution in [0, 0.1) is 12.7 Å². The Kier molecular flexibility index (Phi) is 6.55. The molecular weight excluding hydrogens is 347 g/mol. The molecule has 2 N–H and O–H groups in total. The summed E-state index contributed by atoms with van der Waals surface area (Å²) in [5, 5.41) is 5.30. The van der Waals surface area contributed by atoms with Crippen LogP contribution in [0.25, 0.3) is 0 Å². The summed E-state index contributed by atoms with van der Waals surface area (Å²) in [7, 11) is 0. The van der Waals surface area contributed by atoms with Crippen LogP contribution in [0.1, 0.15) is 31.9 Å². The first-order valence-corrected chi connectivity index (χ1v) is 8.74. The molecule has 0 heterocycles. The van der Waals surface area contributed by atoms with E-state index in [0.29, 0.717) is 5.69 Å². The van der Waals surface area contributed by atoms with Gasteiger partial charge in [0.05, 0.1) is 0 Å². The van der Waals surface area contributed by atoms with E-state index in [1.807, 2.05) is 30.3 Å². The van der Waals surface area contributed by atoms with E-state index in [9.17, 15) is 14.0 Å². The number of rotatable bonds is 5. The molecule has 6 heteroatoms. The number of ether oxygens (including phenoxy) is 1. The molecule has 2 aromatic carbocycles. The van der Waals surface area contributed by atoms with Gasteiger partial charge in [-0.1, -0.05) is 36.4 Å². The first-order chi connectivity index (χ1) is 12.6. The average Bonchev–Trinajstić information content (AvgIpc) is 2.57. The van der Waals surface area contributed by atoms with Crippen LogP contribution >= 0.6 is 0 Å². The molecule has 5 nitrogen and oxygen atoms in total. The van der Waals surface area contributed by atoms with Gasteiger partial charge in [0, 0.05) is 12.1 Å². The zero-order chi connectivity index (χ0) is 20.0. The van der Waals surface area contributed by atoms with Crippen LogP contribution in [0.2, 0.25) is 0 Å². The standard InChI is InChI=1S/C21H25FN2O3/c1-14-10-11-16(22)13-17(14)23-19(25)18(12-15-8-6-5-7-9-15)24-20(26)27-21(2,3)4/h5-11,13,18H,12H2,1-4H3,(H,23,25)(H,24,26). The molecule has 0 aromatic heterocycles. The van der Waals surface area contributed by atoms with Crippen molar-refractivity contribution in [3.05, 3.63) is 65.5 Å². The van der Waals surface area contributed by atoms with Crippen LogP contribution in [0.5, 0.6) is 0 Å². The van der Waals surface area contributed by atoms with Gasteiger partial charge in [0.1, 0.15) is 17.5 Å². The lowest BCUT2D eigenvalue weighted by Crippen LogP contribution is -2.47. The number of halogens is 1. The summed E-state index contributed by atoms with van der Waals surface area (Å²) in [5.41, 5.74) is 1.28. The third-order valence-corrected chi connectivity index (χ3v) is 3.75. The van der Waals surface area contributed by atoms with Crippen LogP contribution in [0.3, 0.4) is 0 Å². The Morgan fingerprint density at radius 1 is 1.11 bits per heavy atom. The van der Waals surface area contributed by atoms with E-state index in [0.717, 1.165) is 11.1 Å². The first kappa shape index (κ1) is 20.4. The Hall–Kier alpha value is -2.89. The third kappa shape index (κ3) is 6.73. The molecule has 144 valence electrons. The summed E-state index contributed by atoms with van der Waals surface area (Å²) < 4.78 is 18.8. The number of anilines is 1. The lowest BCUT2D eigenvalue weighted by Gasteiger charge is -2.23. The number of aryl methyl sites for hydroxylation is 1. The number of carbonyl (C=O) groups excluding carboxylic acids is 2. The van der Waals surface area contributed by atoms with E-state index in [4.69, 9.17) is 4.74 Å². The molecule has 0 spiro atoms. The van der Waals surface area contributed by atoms with Crippen molar-refractivity contribution in [1.82, 2.24) is 5.32 Å². The van der Waals surface area contributed by atoms with Gasteiger partial charge in [-0.2, -0.15) is 0 Å². The molecular formula is C21H25FN2O3. The number of alkyl carbamates (subject to hydrolysis) is 1. The average molecular weight is 372 g/mol. The number of benzene rings is 2. The molecule has 0 aliphatic rings. The highest BCUT2D eigenvalue weighted by atomic mass is 19.1.